The largest absolute Gasteiger partial charge is 0.444 e. The highest BCUT2D eigenvalue weighted by Crippen LogP contribution is 2.31. The zero-order chi connectivity index (χ0) is 22.2. The average Bonchev–Trinajstić information content (AvgIpc) is 3.32. The van der Waals surface area contributed by atoms with Gasteiger partial charge in [-0.3, -0.25) is 9.59 Å². The molecule has 31 heavy (non-hydrogen) atoms. The molecule has 0 bridgehead atoms. The molecule has 3 amide bonds. The highest BCUT2D eigenvalue weighted by Gasteiger charge is 2.30. The Kier molecular flexibility index (Phi) is 5.98. The predicted octanol–water partition coefficient (Wildman–Crippen LogP) is 3.42. The van der Waals surface area contributed by atoms with Crippen LogP contribution in [0.5, 0.6) is 0 Å². The number of nitrogens with zero attached hydrogens (tertiary/aromatic N) is 3. The molecule has 0 atom stereocenters. The fourth-order valence-electron chi connectivity index (χ4n) is 3.06. The number of rotatable bonds is 5. The summed E-state index contributed by atoms with van der Waals surface area (Å²) in [5.74, 6) is -0.113. The number of fused-ring (bicyclic) bond motifs is 1. The lowest BCUT2D eigenvalue weighted by molar-refractivity contribution is -0.117. The van der Waals surface area contributed by atoms with Crippen LogP contribution in [0.2, 0.25) is 0 Å². The molecule has 2 N–H and O–H groups in total. The Labute approximate surface area is 188 Å². The zero-order valence-corrected chi connectivity index (χ0v) is 19.3. The number of hydrogen-bond acceptors (Lipinski definition) is 8. The molecule has 2 aliphatic rings. The Balaban J connectivity index is 1.30. The summed E-state index contributed by atoms with van der Waals surface area (Å²) in [5.41, 5.74) is 0.963. The molecule has 1 fully saturated rings. The monoisotopic (exact) mass is 463 g/mol. The maximum atomic E-state index is 12.4. The molecule has 166 valence electrons. The van der Waals surface area contributed by atoms with Crippen LogP contribution in [-0.4, -0.2) is 44.9 Å². The Morgan fingerprint density at radius 3 is 2.68 bits per heavy atom. The number of ether oxygens (including phenoxy) is 1. The second kappa shape index (κ2) is 8.54. The summed E-state index contributed by atoms with van der Waals surface area (Å²) in [6.45, 7) is 6.48. The molecule has 1 aliphatic carbocycles. The van der Waals surface area contributed by atoms with Gasteiger partial charge in [0.15, 0.2) is 10.3 Å². The number of anilines is 2. The highest BCUT2D eigenvalue weighted by atomic mass is 32.1. The van der Waals surface area contributed by atoms with Crippen LogP contribution in [0.25, 0.3) is 0 Å². The van der Waals surface area contributed by atoms with E-state index in [2.05, 4.69) is 20.6 Å². The molecule has 0 unspecified atom stereocenters. The Morgan fingerprint density at radius 2 is 1.97 bits per heavy atom. The van der Waals surface area contributed by atoms with Crippen molar-refractivity contribution in [2.75, 3.05) is 17.2 Å². The maximum Gasteiger partial charge on any atom is 0.410 e. The van der Waals surface area contributed by atoms with Gasteiger partial charge in [-0.2, -0.15) is 0 Å². The first-order valence-corrected chi connectivity index (χ1v) is 11.9. The van der Waals surface area contributed by atoms with Crippen molar-refractivity contribution in [3.63, 3.8) is 0 Å². The van der Waals surface area contributed by atoms with Crippen LogP contribution in [0.1, 0.15) is 49.9 Å². The lowest BCUT2D eigenvalue weighted by atomic mass is 10.2. The molecule has 9 nitrogen and oxygen atoms in total. The van der Waals surface area contributed by atoms with Crippen LogP contribution < -0.4 is 10.6 Å². The molecule has 4 rings (SSSR count). The van der Waals surface area contributed by atoms with E-state index in [0.717, 1.165) is 23.4 Å². The van der Waals surface area contributed by atoms with E-state index in [-0.39, 0.29) is 30.2 Å². The van der Waals surface area contributed by atoms with E-state index in [1.807, 2.05) is 20.8 Å². The van der Waals surface area contributed by atoms with E-state index < -0.39 is 5.60 Å². The molecule has 2 aromatic rings. The summed E-state index contributed by atoms with van der Waals surface area (Å²) in [6.07, 6.45) is 2.24. The van der Waals surface area contributed by atoms with Gasteiger partial charge in [-0.05, 0) is 33.6 Å². The number of carbonyl (C=O) groups excluding carboxylic acids is 3. The van der Waals surface area contributed by atoms with Gasteiger partial charge in [-0.15, -0.1) is 11.3 Å². The first-order chi connectivity index (χ1) is 14.7. The van der Waals surface area contributed by atoms with E-state index in [0.29, 0.717) is 35.5 Å². The fraction of sp³-hybridized carbons (Fsp3) is 0.550. The van der Waals surface area contributed by atoms with Gasteiger partial charge in [0.1, 0.15) is 5.60 Å². The summed E-state index contributed by atoms with van der Waals surface area (Å²) in [7, 11) is 0. The standard InChI is InChI=1S/C20H25N5O4S2/c1-20(2,3)29-19(28)25-7-6-13-14(9-25)31-18(22-13)23-15(26)8-12-10-30-17(21-12)24-16(27)11-4-5-11/h10-11H,4-9H2,1-3H3,(H,21,24,27)(H,22,23,26). The molecular weight excluding hydrogens is 438 g/mol. The van der Waals surface area contributed by atoms with Crippen LogP contribution in [0.4, 0.5) is 15.1 Å². The van der Waals surface area contributed by atoms with Crippen molar-refractivity contribution in [2.45, 2.75) is 58.6 Å². The summed E-state index contributed by atoms with van der Waals surface area (Å²) >= 11 is 2.68. The highest BCUT2D eigenvalue weighted by molar-refractivity contribution is 7.16. The lowest BCUT2D eigenvalue weighted by Gasteiger charge is -2.29. The first kappa shape index (κ1) is 21.7. The molecule has 1 saturated carbocycles. The third-order valence-electron chi connectivity index (χ3n) is 4.70. The zero-order valence-electron chi connectivity index (χ0n) is 17.7. The number of amides is 3. The number of nitrogens with one attached hydrogen (secondary N) is 2. The number of carbonyl (C=O) groups is 3. The van der Waals surface area contributed by atoms with Crippen LogP contribution in [0, 0.1) is 5.92 Å². The van der Waals surface area contributed by atoms with E-state index in [1.165, 1.54) is 22.7 Å². The molecule has 0 radical (unpaired) electrons. The summed E-state index contributed by atoms with van der Waals surface area (Å²) < 4.78 is 5.44. The molecule has 2 aromatic heterocycles. The molecular formula is C20H25N5O4S2. The molecule has 11 heteroatoms. The Hall–Kier alpha value is -2.53. The third kappa shape index (κ3) is 5.79. The summed E-state index contributed by atoms with van der Waals surface area (Å²) in [5, 5.41) is 8.41. The van der Waals surface area contributed by atoms with Gasteiger partial charge < -0.3 is 20.3 Å². The average molecular weight is 464 g/mol. The minimum atomic E-state index is -0.541. The van der Waals surface area contributed by atoms with Gasteiger partial charge in [-0.1, -0.05) is 11.3 Å². The second-order valence-electron chi connectivity index (χ2n) is 8.67. The molecule has 0 spiro atoms. The van der Waals surface area contributed by atoms with Crippen molar-refractivity contribution in [3.05, 3.63) is 21.6 Å². The van der Waals surface area contributed by atoms with Crippen molar-refractivity contribution in [3.8, 4) is 0 Å². The number of thiazole rings is 2. The molecule has 3 heterocycles. The van der Waals surface area contributed by atoms with E-state index in [1.54, 1.807) is 10.3 Å². The van der Waals surface area contributed by atoms with Crippen molar-refractivity contribution < 1.29 is 19.1 Å². The van der Waals surface area contributed by atoms with Crippen LogP contribution in [0.3, 0.4) is 0 Å². The van der Waals surface area contributed by atoms with Gasteiger partial charge in [0.05, 0.1) is 24.4 Å². The topological polar surface area (TPSA) is 114 Å². The van der Waals surface area contributed by atoms with Crippen LogP contribution in [0.15, 0.2) is 5.38 Å². The van der Waals surface area contributed by atoms with Gasteiger partial charge in [-0.25, -0.2) is 14.8 Å². The Bertz CT molecular complexity index is 1010. The van der Waals surface area contributed by atoms with Crippen molar-refractivity contribution >= 4 is 50.8 Å². The van der Waals surface area contributed by atoms with Crippen molar-refractivity contribution in [1.82, 2.24) is 14.9 Å². The molecule has 0 saturated heterocycles. The van der Waals surface area contributed by atoms with Gasteiger partial charge in [0, 0.05) is 29.1 Å². The second-order valence-corrected chi connectivity index (χ2v) is 10.6. The Morgan fingerprint density at radius 1 is 1.19 bits per heavy atom. The number of aromatic nitrogens is 2. The van der Waals surface area contributed by atoms with Crippen LogP contribution in [-0.2, 0) is 33.7 Å². The first-order valence-electron chi connectivity index (χ1n) is 10.2. The fourth-order valence-corrected chi connectivity index (χ4v) is 4.81. The smallest absolute Gasteiger partial charge is 0.410 e. The lowest BCUT2D eigenvalue weighted by Crippen LogP contribution is -2.39. The van der Waals surface area contributed by atoms with Crippen molar-refractivity contribution in [1.29, 1.82) is 0 Å². The minimum Gasteiger partial charge on any atom is -0.444 e. The van der Waals surface area contributed by atoms with Gasteiger partial charge in [0.25, 0.3) is 0 Å². The van der Waals surface area contributed by atoms with E-state index in [9.17, 15) is 14.4 Å². The van der Waals surface area contributed by atoms with E-state index >= 15 is 0 Å². The molecule has 0 aromatic carbocycles. The normalized spacial score (nSPS) is 15.9. The third-order valence-corrected chi connectivity index (χ3v) is 6.51. The predicted molar refractivity (Wildman–Crippen MR) is 118 cm³/mol. The quantitative estimate of drug-likeness (QED) is 0.702. The number of hydrogen-bond donors (Lipinski definition) is 2. The van der Waals surface area contributed by atoms with Gasteiger partial charge >= 0.3 is 6.09 Å². The maximum absolute atomic E-state index is 12.4. The molecule has 1 aliphatic heterocycles. The summed E-state index contributed by atoms with van der Waals surface area (Å²) in [6, 6.07) is 0. The van der Waals surface area contributed by atoms with E-state index in [4.69, 9.17) is 4.74 Å². The van der Waals surface area contributed by atoms with Crippen LogP contribution >= 0.6 is 22.7 Å². The summed E-state index contributed by atoms with van der Waals surface area (Å²) in [4.78, 5) is 48.0. The van der Waals surface area contributed by atoms with Gasteiger partial charge in [0.2, 0.25) is 11.8 Å². The SMILES string of the molecule is CC(C)(C)OC(=O)N1CCc2nc(NC(=O)Cc3csc(NC(=O)C4CC4)n3)sc2C1. The van der Waals surface area contributed by atoms with Crippen molar-refractivity contribution in [2.24, 2.45) is 5.92 Å². The minimum absolute atomic E-state index is 0.000793.